The van der Waals surface area contributed by atoms with Crippen LogP contribution in [-0.4, -0.2) is 49.3 Å². The van der Waals surface area contributed by atoms with Gasteiger partial charge in [-0.05, 0) is 45.3 Å². The molecule has 16 heavy (non-hydrogen) atoms. The van der Waals surface area contributed by atoms with E-state index in [0.717, 1.165) is 32.7 Å². The van der Waals surface area contributed by atoms with Crippen LogP contribution < -0.4 is 0 Å². The molecule has 4 heteroatoms. The van der Waals surface area contributed by atoms with Crippen molar-refractivity contribution in [3.05, 3.63) is 0 Å². The number of piperidine rings is 1. The highest BCUT2D eigenvalue weighted by Gasteiger charge is 2.45. The summed E-state index contributed by atoms with van der Waals surface area (Å²) in [7, 11) is 2.15. The number of rotatable bonds is 4. The lowest BCUT2D eigenvalue weighted by molar-refractivity contribution is -0.165. The molecule has 1 N–H and O–H groups in total. The fraction of sp³-hybridized carbons (Fsp3) is 0.917. The number of carboxylic acid groups (broad SMARTS) is 1. The third kappa shape index (κ3) is 2.38. The van der Waals surface area contributed by atoms with Crippen molar-refractivity contribution in [3.63, 3.8) is 0 Å². The van der Waals surface area contributed by atoms with Crippen molar-refractivity contribution in [2.24, 2.45) is 11.3 Å². The van der Waals surface area contributed by atoms with E-state index in [0.29, 0.717) is 5.92 Å². The summed E-state index contributed by atoms with van der Waals surface area (Å²) in [6.45, 7) is 3.82. The van der Waals surface area contributed by atoms with Crippen LogP contribution in [0.5, 0.6) is 0 Å². The van der Waals surface area contributed by atoms with Crippen molar-refractivity contribution >= 4 is 5.97 Å². The summed E-state index contributed by atoms with van der Waals surface area (Å²) in [5.74, 6) is -0.0176. The van der Waals surface area contributed by atoms with E-state index in [4.69, 9.17) is 9.84 Å². The fourth-order valence-electron chi connectivity index (χ4n) is 2.93. The van der Waals surface area contributed by atoms with Crippen molar-refractivity contribution in [2.45, 2.75) is 25.7 Å². The molecule has 0 aromatic rings. The van der Waals surface area contributed by atoms with Gasteiger partial charge in [-0.15, -0.1) is 0 Å². The molecule has 2 rings (SSSR count). The zero-order valence-corrected chi connectivity index (χ0v) is 9.95. The second kappa shape index (κ2) is 4.72. The van der Waals surface area contributed by atoms with Crippen LogP contribution in [0.1, 0.15) is 25.7 Å². The molecular weight excluding hydrogens is 206 g/mol. The second-order valence-corrected chi connectivity index (χ2v) is 5.33. The number of hydrogen-bond donors (Lipinski definition) is 1. The number of carboxylic acids is 1. The lowest BCUT2D eigenvalue weighted by Crippen LogP contribution is -2.51. The van der Waals surface area contributed by atoms with Crippen molar-refractivity contribution in [3.8, 4) is 0 Å². The number of hydrogen-bond acceptors (Lipinski definition) is 3. The molecule has 0 aromatic carbocycles. The number of aliphatic carboxylic acids is 1. The molecular formula is C12H21NO3. The van der Waals surface area contributed by atoms with Crippen molar-refractivity contribution in [2.75, 3.05) is 33.4 Å². The lowest BCUT2D eigenvalue weighted by Gasteiger charge is -2.49. The molecule has 2 fully saturated rings. The van der Waals surface area contributed by atoms with Crippen LogP contribution in [0.25, 0.3) is 0 Å². The molecule has 0 bridgehead atoms. The van der Waals surface area contributed by atoms with Gasteiger partial charge in [0.05, 0.1) is 13.2 Å². The smallest absolute Gasteiger partial charge is 0.303 e. The average molecular weight is 227 g/mol. The minimum atomic E-state index is -0.681. The summed E-state index contributed by atoms with van der Waals surface area (Å²) in [5, 5.41) is 8.79. The molecule has 0 unspecified atom stereocenters. The van der Waals surface area contributed by atoms with E-state index in [1.54, 1.807) is 0 Å². The fourth-order valence-corrected chi connectivity index (χ4v) is 2.93. The van der Waals surface area contributed by atoms with Crippen LogP contribution in [0, 0.1) is 11.3 Å². The Balaban J connectivity index is 1.90. The van der Waals surface area contributed by atoms with Crippen molar-refractivity contribution < 1.29 is 14.6 Å². The summed E-state index contributed by atoms with van der Waals surface area (Å²) in [6, 6.07) is 0. The quantitative estimate of drug-likeness (QED) is 0.784. The van der Waals surface area contributed by atoms with E-state index >= 15 is 0 Å². The van der Waals surface area contributed by atoms with E-state index in [1.807, 2.05) is 0 Å². The van der Waals surface area contributed by atoms with Crippen molar-refractivity contribution in [1.29, 1.82) is 0 Å². The molecule has 2 aliphatic heterocycles. The molecule has 0 radical (unpaired) electrons. The molecule has 4 nitrogen and oxygen atoms in total. The van der Waals surface area contributed by atoms with E-state index in [1.165, 1.54) is 12.8 Å². The number of carbonyl (C=O) groups is 1. The Morgan fingerprint density at radius 2 is 2.06 bits per heavy atom. The third-order valence-electron chi connectivity index (χ3n) is 4.20. The molecule has 92 valence electrons. The summed E-state index contributed by atoms with van der Waals surface area (Å²) in [5.41, 5.74) is 0.180. The van der Waals surface area contributed by atoms with Gasteiger partial charge in [-0.2, -0.15) is 0 Å². The molecule has 0 aromatic heterocycles. The van der Waals surface area contributed by atoms with Gasteiger partial charge in [-0.3, -0.25) is 4.79 Å². The summed E-state index contributed by atoms with van der Waals surface area (Å²) in [6.07, 6.45) is 3.46. The van der Waals surface area contributed by atoms with Gasteiger partial charge in [0, 0.05) is 11.8 Å². The maximum atomic E-state index is 10.7. The Kier molecular flexibility index (Phi) is 3.50. The largest absolute Gasteiger partial charge is 0.481 e. The summed E-state index contributed by atoms with van der Waals surface area (Å²) < 4.78 is 5.34. The van der Waals surface area contributed by atoms with Gasteiger partial charge in [0.25, 0.3) is 0 Å². The molecule has 0 atom stereocenters. The maximum Gasteiger partial charge on any atom is 0.303 e. The van der Waals surface area contributed by atoms with Gasteiger partial charge in [-0.1, -0.05) is 0 Å². The topological polar surface area (TPSA) is 49.8 Å². The minimum absolute atomic E-state index is 0.180. The molecule has 0 aliphatic carbocycles. The summed E-state index contributed by atoms with van der Waals surface area (Å²) >= 11 is 0. The first-order chi connectivity index (χ1) is 7.62. The van der Waals surface area contributed by atoms with Gasteiger partial charge >= 0.3 is 5.97 Å². The van der Waals surface area contributed by atoms with Gasteiger partial charge in [0.2, 0.25) is 0 Å². The highest BCUT2D eigenvalue weighted by Crippen LogP contribution is 2.44. The Hall–Kier alpha value is -0.610. The monoisotopic (exact) mass is 227 g/mol. The first-order valence-corrected chi connectivity index (χ1v) is 6.10. The zero-order chi connectivity index (χ0) is 11.6. The molecule has 2 aliphatic rings. The highest BCUT2D eigenvalue weighted by molar-refractivity contribution is 5.66. The van der Waals surface area contributed by atoms with Gasteiger partial charge in [0.15, 0.2) is 0 Å². The predicted octanol–water partition coefficient (Wildman–Crippen LogP) is 1.21. The normalized spacial score (nSPS) is 26.3. The van der Waals surface area contributed by atoms with Crippen molar-refractivity contribution in [1.82, 2.24) is 4.90 Å². The highest BCUT2D eigenvalue weighted by atomic mass is 16.5. The Morgan fingerprint density at radius 3 is 2.50 bits per heavy atom. The second-order valence-electron chi connectivity index (χ2n) is 5.33. The standard InChI is InChI=1S/C12H21NO3/c1-13-6-3-10(4-7-13)12(8-16-9-12)5-2-11(14)15/h10H,2-9H2,1H3,(H,14,15). The van der Waals surface area contributed by atoms with E-state index < -0.39 is 5.97 Å². The third-order valence-corrected chi connectivity index (χ3v) is 4.20. The van der Waals surface area contributed by atoms with Crippen LogP contribution in [0.15, 0.2) is 0 Å². The van der Waals surface area contributed by atoms with Gasteiger partial charge < -0.3 is 14.7 Å². The maximum absolute atomic E-state index is 10.7. The SMILES string of the molecule is CN1CCC(C2(CCC(=O)O)COC2)CC1. The van der Waals surface area contributed by atoms with Gasteiger partial charge in [0.1, 0.15) is 0 Å². The first-order valence-electron chi connectivity index (χ1n) is 6.10. The van der Waals surface area contributed by atoms with Gasteiger partial charge in [-0.25, -0.2) is 0 Å². The average Bonchev–Trinajstić information content (AvgIpc) is 2.18. The zero-order valence-electron chi connectivity index (χ0n) is 9.95. The Labute approximate surface area is 96.6 Å². The van der Waals surface area contributed by atoms with E-state index in [2.05, 4.69) is 11.9 Å². The van der Waals surface area contributed by atoms with E-state index in [9.17, 15) is 4.79 Å². The number of ether oxygens (including phenoxy) is 1. The minimum Gasteiger partial charge on any atom is -0.481 e. The van der Waals surface area contributed by atoms with E-state index in [-0.39, 0.29) is 11.8 Å². The van der Waals surface area contributed by atoms with Crippen LogP contribution in [-0.2, 0) is 9.53 Å². The molecule has 0 amide bonds. The van der Waals surface area contributed by atoms with Crippen LogP contribution >= 0.6 is 0 Å². The number of likely N-dealkylation sites (tertiary alicyclic amines) is 1. The molecule has 2 saturated heterocycles. The van der Waals surface area contributed by atoms with Crippen LogP contribution in [0.2, 0.25) is 0 Å². The molecule has 0 saturated carbocycles. The predicted molar refractivity (Wildman–Crippen MR) is 60.3 cm³/mol. The Morgan fingerprint density at radius 1 is 1.44 bits per heavy atom. The number of nitrogens with zero attached hydrogens (tertiary/aromatic N) is 1. The first kappa shape index (κ1) is 11.9. The molecule has 2 heterocycles. The Bertz CT molecular complexity index is 255. The van der Waals surface area contributed by atoms with Crippen LogP contribution in [0.3, 0.4) is 0 Å². The lowest BCUT2D eigenvalue weighted by atomic mass is 9.67. The summed E-state index contributed by atoms with van der Waals surface area (Å²) in [4.78, 5) is 13.0. The molecule has 0 spiro atoms. The van der Waals surface area contributed by atoms with Crippen LogP contribution in [0.4, 0.5) is 0 Å².